The molecule has 16 heavy (non-hydrogen) atoms. The molecule has 0 saturated heterocycles. The van der Waals surface area contributed by atoms with Crippen LogP contribution in [0.1, 0.15) is 29.5 Å². The fraction of sp³-hybridized carbons (Fsp3) is 0.500. The summed E-state index contributed by atoms with van der Waals surface area (Å²) in [6.07, 6.45) is 0.878. The minimum Gasteiger partial charge on any atom is -0.351 e. The van der Waals surface area contributed by atoms with Crippen molar-refractivity contribution >= 4 is 17.8 Å². The zero-order valence-corrected chi connectivity index (χ0v) is 9.33. The monoisotopic (exact) mass is 222 g/mol. The van der Waals surface area contributed by atoms with Crippen molar-refractivity contribution < 1.29 is 9.59 Å². The molecule has 86 valence electrons. The number of carbonyl (C=O) groups is 2. The number of nitrogens with zero attached hydrogens (tertiary/aromatic N) is 2. The quantitative estimate of drug-likeness (QED) is 0.771. The van der Waals surface area contributed by atoms with Crippen molar-refractivity contribution in [3.63, 3.8) is 0 Å². The summed E-state index contributed by atoms with van der Waals surface area (Å²) < 4.78 is 1.61. The molecule has 0 bridgehead atoms. The lowest BCUT2D eigenvalue weighted by Crippen LogP contribution is -2.27. The first-order chi connectivity index (χ1) is 7.63. The Morgan fingerprint density at radius 2 is 2.38 bits per heavy atom. The molecule has 0 spiro atoms. The second kappa shape index (κ2) is 3.96. The maximum atomic E-state index is 11.8. The summed E-state index contributed by atoms with van der Waals surface area (Å²) in [6, 6.07) is 0. The number of rotatable bonds is 3. The van der Waals surface area contributed by atoms with Crippen LogP contribution in [0.15, 0.2) is 0 Å². The average Bonchev–Trinajstić information content (AvgIpc) is 2.69. The van der Waals surface area contributed by atoms with Crippen molar-refractivity contribution in [2.45, 2.75) is 26.8 Å². The normalized spacial score (nSPS) is 13.5. The maximum absolute atomic E-state index is 11.8. The average molecular weight is 222 g/mol. The second-order valence-corrected chi connectivity index (χ2v) is 3.76. The first-order valence-corrected chi connectivity index (χ1v) is 5.28. The topological polar surface area (TPSA) is 76.0 Å². The van der Waals surface area contributed by atoms with Crippen LogP contribution < -0.4 is 10.6 Å². The molecule has 1 aliphatic rings. The number of hydrogen-bond acceptors (Lipinski definition) is 3. The van der Waals surface area contributed by atoms with Crippen LogP contribution in [0.2, 0.25) is 0 Å². The molecule has 6 nitrogen and oxygen atoms in total. The number of fused-ring (bicyclic) bond motifs is 1. The summed E-state index contributed by atoms with van der Waals surface area (Å²) in [4.78, 5) is 27.1. The van der Waals surface area contributed by atoms with Gasteiger partial charge in [0.25, 0.3) is 5.91 Å². The molecule has 2 rings (SSSR count). The third-order valence-corrected chi connectivity index (χ3v) is 2.45. The fourth-order valence-corrected chi connectivity index (χ4v) is 1.74. The number of carbonyl (C=O) groups excluding carboxylic acids is 2. The Balaban J connectivity index is 2.27. The highest BCUT2D eigenvalue weighted by atomic mass is 16.2. The van der Waals surface area contributed by atoms with Crippen LogP contribution in [0, 0.1) is 6.92 Å². The molecule has 1 aliphatic heterocycles. The number of amides is 2. The van der Waals surface area contributed by atoms with Crippen molar-refractivity contribution in [2.24, 2.45) is 0 Å². The van der Waals surface area contributed by atoms with Crippen molar-refractivity contribution in [1.82, 2.24) is 14.9 Å². The number of aromatic nitrogens is 2. The molecule has 0 fully saturated rings. The number of imidazole rings is 1. The smallest absolute Gasteiger partial charge is 0.269 e. The van der Waals surface area contributed by atoms with Gasteiger partial charge >= 0.3 is 0 Å². The molecule has 0 aliphatic carbocycles. The van der Waals surface area contributed by atoms with Gasteiger partial charge in [-0.05, 0) is 13.3 Å². The van der Waals surface area contributed by atoms with Crippen LogP contribution in [0.4, 0.5) is 5.95 Å². The van der Waals surface area contributed by atoms with E-state index in [1.165, 1.54) is 0 Å². The van der Waals surface area contributed by atoms with Gasteiger partial charge in [0.05, 0.1) is 5.69 Å². The Bertz CT molecular complexity index is 450. The standard InChI is InChI=1S/C10H14N4O2/c1-3-4-11-9(16)8-6(2)12-10-13-7(15)5-14(8)10/h3-5H2,1-2H3,(H,11,16)(H,12,13,15). The third kappa shape index (κ3) is 1.66. The lowest BCUT2D eigenvalue weighted by molar-refractivity contribution is -0.115. The van der Waals surface area contributed by atoms with E-state index in [4.69, 9.17) is 0 Å². The zero-order chi connectivity index (χ0) is 11.7. The molecule has 0 atom stereocenters. The van der Waals surface area contributed by atoms with Gasteiger partial charge in [-0.2, -0.15) is 0 Å². The molecule has 0 unspecified atom stereocenters. The fourth-order valence-electron chi connectivity index (χ4n) is 1.74. The number of hydrogen-bond donors (Lipinski definition) is 2. The van der Waals surface area contributed by atoms with Crippen molar-refractivity contribution in [3.05, 3.63) is 11.4 Å². The molecule has 6 heteroatoms. The Morgan fingerprint density at radius 1 is 1.62 bits per heavy atom. The maximum Gasteiger partial charge on any atom is 0.269 e. The summed E-state index contributed by atoms with van der Waals surface area (Å²) in [7, 11) is 0. The summed E-state index contributed by atoms with van der Waals surface area (Å²) in [5.74, 6) is 0.158. The van der Waals surface area contributed by atoms with Crippen molar-refractivity contribution in [2.75, 3.05) is 11.9 Å². The van der Waals surface area contributed by atoms with Crippen LogP contribution >= 0.6 is 0 Å². The summed E-state index contributed by atoms with van der Waals surface area (Å²) in [5.41, 5.74) is 1.12. The summed E-state index contributed by atoms with van der Waals surface area (Å²) >= 11 is 0. The molecule has 2 heterocycles. The van der Waals surface area contributed by atoms with Gasteiger partial charge in [0.15, 0.2) is 0 Å². The molecule has 0 aromatic carbocycles. The van der Waals surface area contributed by atoms with Crippen molar-refractivity contribution in [3.8, 4) is 0 Å². The number of nitrogens with one attached hydrogen (secondary N) is 2. The highest BCUT2D eigenvalue weighted by Crippen LogP contribution is 2.20. The van der Waals surface area contributed by atoms with Crippen LogP contribution in [-0.2, 0) is 11.3 Å². The second-order valence-electron chi connectivity index (χ2n) is 3.76. The predicted molar refractivity (Wildman–Crippen MR) is 58.2 cm³/mol. The van der Waals surface area contributed by atoms with Crippen LogP contribution in [0.3, 0.4) is 0 Å². The van der Waals surface area contributed by atoms with E-state index in [9.17, 15) is 9.59 Å². The zero-order valence-electron chi connectivity index (χ0n) is 9.33. The number of anilines is 1. The van der Waals surface area contributed by atoms with Gasteiger partial charge in [-0.15, -0.1) is 0 Å². The lowest BCUT2D eigenvalue weighted by atomic mass is 10.3. The van der Waals surface area contributed by atoms with E-state index in [2.05, 4.69) is 15.6 Å². The Labute approximate surface area is 93.0 Å². The third-order valence-electron chi connectivity index (χ3n) is 2.45. The van der Waals surface area contributed by atoms with E-state index < -0.39 is 0 Å². The first-order valence-electron chi connectivity index (χ1n) is 5.28. The summed E-state index contributed by atoms with van der Waals surface area (Å²) in [6.45, 7) is 4.54. The Hall–Kier alpha value is -1.85. The van der Waals surface area contributed by atoms with Crippen molar-refractivity contribution in [1.29, 1.82) is 0 Å². The van der Waals surface area contributed by atoms with Gasteiger partial charge in [0.2, 0.25) is 11.9 Å². The summed E-state index contributed by atoms with van der Waals surface area (Å²) in [5, 5.41) is 5.38. The molecular formula is C10H14N4O2. The lowest BCUT2D eigenvalue weighted by Gasteiger charge is -2.05. The first kappa shape index (κ1) is 10.7. The van der Waals surface area contributed by atoms with Gasteiger partial charge in [-0.25, -0.2) is 4.98 Å². The predicted octanol–water partition coefficient (Wildman–Crippen LogP) is 0.283. The van der Waals surface area contributed by atoms with E-state index in [0.717, 1.165) is 6.42 Å². The minimum absolute atomic E-state index is 0.132. The van der Waals surface area contributed by atoms with E-state index >= 15 is 0 Å². The minimum atomic E-state index is -0.172. The highest BCUT2D eigenvalue weighted by Gasteiger charge is 2.27. The molecule has 0 saturated carbocycles. The largest absolute Gasteiger partial charge is 0.351 e. The van der Waals surface area contributed by atoms with Gasteiger partial charge in [0.1, 0.15) is 12.2 Å². The molecule has 2 amide bonds. The van der Waals surface area contributed by atoms with Gasteiger partial charge in [-0.1, -0.05) is 6.92 Å². The highest BCUT2D eigenvalue weighted by molar-refractivity contribution is 5.99. The molecule has 0 radical (unpaired) electrons. The number of aryl methyl sites for hydroxylation is 1. The van der Waals surface area contributed by atoms with Gasteiger partial charge < -0.3 is 5.32 Å². The molecule has 1 aromatic rings. The Morgan fingerprint density at radius 3 is 3.06 bits per heavy atom. The molecule has 2 N–H and O–H groups in total. The van der Waals surface area contributed by atoms with Gasteiger partial charge in [-0.3, -0.25) is 19.5 Å². The van der Waals surface area contributed by atoms with E-state index in [-0.39, 0.29) is 18.4 Å². The van der Waals surface area contributed by atoms with Crippen LogP contribution in [0.25, 0.3) is 0 Å². The van der Waals surface area contributed by atoms with Crippen LogP contribution in [-0.4, -0.2) is 27.9 Å². The SMILES string of the molecule is CCCNC(=O)c1c(C)nc2n1CC(=O)N2. The Kier molecular flexibility index (Phi) is 2.64. The van der Waals surface area contributed by atoms with Gasteiger partial charge in [0, 0.05) is 6.54 Å². The molecular weight excluding hydrogens is 208 g/mol. The van der Waals surface area contributed by atoms with E-state index in [1.807, 2.05) is 6.92 Å². The molecule has 1 aromatic heterocycles. The van der Waals surface area contributed by atoms with E-state index in [0.29, 0.717) is 23.9 Å². The van der Waals surface area contributed by atoms with Crippen LogP contribution in [0.5, 0.6) is 0 Å². The van der Waals surface area contributed by atoms with E-state index in [1.54, 1.807) is 11.5 Å².